The van der Waals surface area contributed by atoms with Crippen molar-refractivity contribution in [3.63, 3.8) is 0 Å². The van der Waals surface area contributed by atoms with Crippen molar-refractivity contribution in [3.05, 3.63) is 65.7 Å². The van der Waals surface area contributed by atoms with Gasteiger partial charge in [-0.2, -0.15) is 13.2 Å². The van der Waals surface area contributed by atoms with Gasteiger partial charge in [0.25, 0.3) is 0 Å². The summed E-state index contributed by atoms with van der Waals surface area (Å²) in [5.41, 5.74) is -0.285. The van der Waals surface area contributed by atoms with Gasteiger partial charge < -0.3 is 10.6 Å². The molecule has 21 heavy (non-hydrogen) atoms. The standard InChI is InChI=1S/C15H13F3N2O/c16-15(17,18)12-8-4-5-9-13(12)20-14(21)19-10-11-6-2-1-3-7-11/h1-9H,10H2,(H2,19,20,21). The molecule has 0 aliphatic rings. The topological polar surface area (TPSA) is 41.1 Å². The van der Waals surface area contributed by atoms with Crippen LogP contribution in [-0.4, -0.2) is 6.03 Å². The lowest BCUT2D eigenvalue weighted by atomic mass is 10.1. The smallest absolute Gasteiger partial charge is 0.334 e. The van der Waals surface area contributed by atoms with Gasteiger partial charge in [-0.3, -0.25) is 0 Å². The molecular weight excluding hydrogens is 281 g/mol. The molecule has 110 valence electrons. The largest absolute Gasteiger partial charge is 0.418 e. The maximum atomic E-state index is 12.8. The van der Waals surface area contributed by atoms with Gasteiger partial charge in [0.05, 0.1) is 11.3 Å². The second-order valence-corrected chi connectivity index (χ2v) is 4.34. The van der Waals surface area contributed by atoms with E-state index in [9.17, 15) is 18.0 Å². The molecule has 6 heteroatoms. The number of alkyl halides is 3. The van der Waals surface area contributed by atoms with Crippen molar-refractivity contribution in [1.29, 1.82) is 0 Å². The SMILES string of the molecule is O=C(NCc1ccccc1)Nc1ccccc1C(F)(F)F. The monoisotopic (exact) mass is 294 g/mol. The lowest BCUT2D eigenvalue weighted by Crippen LogP contribution is -2.29. The number of rotatable bonds is 3. The number of para-hydroxylation sites is 1. The van der Waals surface area contributed by atoms with Crippen LogP contribution in [0.15, 0.2) is 54.6 Å². The summed E-state index contributed by atoms with van der Waals surface area (Å²) in [6, 6.07) is 13.2. The normalized spacial score (nSPS) is 11.0. The number of nitrogens with one attached hydrogen (secondary N) is 2. The van der Waals surface area contributed by atoms with Crippen molar-refractivity contribution in [3.8, 4) is 0 Å². The lowest BCUT2D eigenvalue weighted by molar-refractivity contribution is -0.136. The first kappa shape index (κ1) is 14.9. The van der Waals surface area contributed by atoms with Crippen LogP contribution >= 0.6 is 0 Å². The molecule has 0 fully saturated rings. The van der Waals surface area contributed by atoms with Gasteiger partial charge in [0.1, 0.15) is 0 Å². The zero-order valence-corrected chi connectivity index (χ0v) is 10.9. The number of hydrogen-bond acceptors (Lipinski definition) is 1. The molecule has 0 unspecified atom stereocenters. The Kier molecular flexibility index (Phi) is 4.47. The van der Waals surface area contributed by atoms with Crippen LogP contribution in [0, 0.1) is 0 Å². The molecule has 0 saturated carbocycles. The second kappa shape index (κ2) is 6.30. The van der Waals surface area contributed by atoms with E-state index in [4.69, 9.17) is 0 Å². The van der Waals surface area contributed by atoms with E-state index >= 15 is 0 Å². The molecule has 2 aromatic carbocycles. The highest BCUT2D eigenvalue weighted by molar-refractivity contribution is 5.90. The Hall–Kier alpha value is -2.50. The van der Waals surface area contributed by atoms with Crippen molar-refractivity contribution >= 4 is 11.7 Å². The molecule has 2 rings (SSSR count). The zero-order chi connectivity index (χ0) is 15.3. The molecule has 0 aliphatic heterocycles. The van der Waals surface area contributed by atoms with Crippen molar-refractivity contribution in [2.75, 3.05) is 5.32 Å². The highest BCUT2D eigenvalue weighted by Gasteiger charge is 2.33. The number of carbonyl (C=O) groups is 1. The molecule has 0 spiro atoms. The molecule has 3 nitrogen and oxygen atoms in total. The number of benzene rings is 2. The summed E-state index contributed by atoms with van der Waals surface area (Å²) in [7, 11) is 0. The molecule has 0 aliphatic carbocycles. The summed E-state index contributed by atoms with van der Waals surface area (Å²) in [4.78, 5) is 11.7. The quantitative estimate of drug-likeness (QED) is 0.881. The van der Waals surface area contributed by atoms with Crippen LogP contribution in [0.25, 0.3) is 0 Å². The van der Waals surface area contributed by atoms with E-state index in [0.29, 0.717) is 0 Å². The first-order chi connectivity index (χ1) is 9.97. The Morgan fingerprint density at radius 3 is 2.24 bits per heavy atom. The van der Waals surface area contributed by atoms with E-state index in [1.54, 1.807) is 0 Å². The maximum absolute atomic E-state index is 12.8. The predicted octanol–water partition coefficient (Wildman–Crippen LogP) is 4.03. The lowest BCUT2D eigenvalue weighted by Gasteiger charge is -2.14. The third kappa shape index (κ3) is 4.24. The van der Waals surface area contributed by atoms with Crippen molar-refractivity contribution in [2.45, 2.75) is 12.7 Å². The van der Waals surface area contributed by atoms with Gasteiger partial charge in [0, 0.05) is 6.54 Å². The summed E-state index contributed by atoms with van der Waals surface area (Å²) in [5.74, 6) is 0. The molecule has 0 bridgehead atoms. The van der Waals surface area contributed by atoms with E-state index in [0.717, 1.165) is 11.6 Å². The third-order valence-corrected chi connectivity index (χ3v) is 2.78. The molecular formula is C15H13F3N2O. The highest BCUT2D eigenvalue weighted by atomic mass is 19.4. The number of carbonyl (C=O) groups excluding carboxylic acids is 1. The van der Waals surface area contributed by atoms with E-state index in [-0.39, 0.29) is 12.2 Å². The van der Waals surface area contributed by atoms with Crippen LogP contribution in [-0.2, 0) is 12.7 Å². The summed E-state index contributed by atoms with van der Waals surface area (Å²) < 4.78 is 38.3. The number of amides is 2. The fourth-order valence-electron chi connectivity index (χ4n) is 1.78. The van der Waals surface area contributed by atoms with Crippen LogP contribution in [0.3, 0.4) is 0 Å². The molecule has 0 atom stereocenters. The Labute approximate surface area is 119 Å². The van der Waals surface area contributed by atoms with Crippen LogP contribution in [0.5, 0.6) is 0 Å². The molecule has 0 saturated heterocycles. The van der Waals surface area contributed by atoms with Gasteiger partial charge in [0.15, 0.2) is 0 Å². The average molecular weight is 294 g/mol. The number of urea groups is 1. The molecule has 2 aromatic rings. The third-order valence-electron chi connectivity index (χ3n) is 2.78. The summed E-state index contributed by atoms with van der Waals surface area (Å²) in [6.07, 6.45) is -4.51. The van der Waals surface area contributed by atoms with E-state index in [1.807, 2.05) is 30.3 Å². The van der Waals surface area contributed by atoms with Crippen LogP contribution < -0.4 is 10.6 Å². The fraction of sp³-hybridized carbons (Fsp3) is 0.133. The predicted molar refractivity (Wildman–Crippen MR) is 73.7 cm³/mol. The minimum Gasteiger partial charge on any atom is -0.334 e. The van der Waals surface area contributed by atoms with E-state index in [1.165, 1.54) is 18.2 Å². The van der Waals surface area contributed by atoms with Crippen molar-refractivity contribution in [2.24, 2.45) is 0 Å². The summed E-state index contributed by atoms with van der Waals surface area (Å²) in [5, 5.41) is 4.73. The van der Waals surface area contributed by atoms with Gasteiger partial charge in [-0.1, -0.05) is 42.5 Å². The minimum absolute atomic E-state index is 0.237. The first-order valence-electron chi connectivity index (χ1n) is 6.22. The Morgan fingerprint density at radius 2 is 1.57 bits per heavy atom. The van der Waals surface area contributed by atoms with Gasteiger partial charge in [0.2, 0.25) is 0 Å². The van der Waals surface area contributed by atoms with E-state index < -0.39 is 17.8 Å². The fourth-order valence-corrected chi connectivity index (χ4v) is 1.78. The van der Waals surface area contributed by atoms with E-state index in [2.05, 4.69) is 10.6 Å². The molecule has 2 amide bonds. The Morgan fingerprint density at radius 1 is 0.952 bits per heavy atom. The number of hydrogen-bond donors (Lipinski definition) is 2. The molecule has 0 radical (unpaired) electrons. The van der Waals surface area contributed by atoms with Gasteiger partial charge >= 0.3 is 12.2 Å². The Balaban J connectivity index is 2.00. The van der Waals surface area contributed by atoms with Crippen LogP contribution in [0.4, 0.5) is 23.7 Å². The van der Waals surface area contributed by atoms with Gasteiger partial charge in [-0.05, 0) is 17.7 Å². The maximum Gasteiger partial charge on any atom is 0.418 e. The highest BCUT2D eigenvalue weighted by Crippen LogP contribution is 2.34. The van der Waals surface area contributed by atoms with Gasteiger partial charge in [-0.25, -0.2) is 4.79 Å². The Bertz CT molecular complexity index is 612. The zero-order valence-electron chi connectivity index (χ0n) is 10.9. The first-order valence-corrected chi connectivity index (χ1v) is 6.22. The molecule has 2 N–H and O–H groups in total. The summed E-state index contributed by atoms with van der Waals surface area (Å²) in [6.45, 7) is 0.237. The van der Waals surface area contributed by atoms with Crippen molar-refractivity contribution < 1.29 is 18.0 Å². The van der Waals surface area contributed by atoms with Crippen LogP contribution in [0.2, 0.25) is 0 Å². The van der Waals surface area contributed by atoms with Crippen molar-refractivity contribution in [1.82, 2.24) is 5.32 Å². The van der Waals surface area contributed by atoms with Crippen LogP contribution in [0.1, 0.15) is 11.1 Å². The number of anilines is 1. The summed E-state index contributed by atoms with van der Waals surface area (Å²) >= 11 is 0. The molecule has 0 aromatic heterocycles. The number of halogens is 3. The van der Waals surface area contributed by atoms with Gasteiger partial charge in [-0.15, -0.1) is 0 Å². The second-order valence-electron chi connectivity index (χ2n) is 4.34. The average Bonchev–Trinajstić information content (AvgIpc) is 2.46. The molecule has 0 heterocycles. The minimum atomic E-state index is -4.51.